The number of carbonyl (C=O) groups is 1. The van der Waals surface area contributed by atoms with E-state index in [1.54, 1.807) is 36.1 Å². The van der Waals surface area contributed by atoms with Crippen LogP contribution in [0, 0.1) is 5.82 Å². The number of hydrogen-bond acceptors (Lipinski definition) is 4. The summed E-state index contributed by atoms with van der Waals surface area (Å²) in [6, 6.07) is 7.77. The van der Waals surface area contributed by atoms with Gasteiger partial charge in [-0.25, -0.2) is 14.5 Å². The highest BCUT2D eigenvalue weighted by Crippen LogP contribution is 2.21. The van der Waals surface area contributed by atoms with Crippen molar-refractivity contribution in [3.63, 3.8) is 0 Å². The Morgan fingerprint density at radius 1 is 1.33 bits per heavy atom. The molecule has 0 saturated heterocycles. The van der Waals surface area contributed by atoms with Crippen molar-refractivity contribution < 1.29 is 9.18 Å². The molecule has 0 spiro atoms. The van der Waals surface area contributed by atoms with Gasteiger partial charge in [-0.05, 0) is 23.8 Å². The van der Waals surface area contributed by atoms with Gasteiger partial charge in [0.05, 0.1) is 0 Å². The fourth-order valence-electron chi connectivity index (χ4n) is 2.31. The molecule has 0 bridgehead atoms. The molecule has 24 heavy (non-hydrogen) atoms. The molecule has 0 unspecified atom stereocenters. The van der Waals surface area contributed by atoms with Gasteiger partial charge in [0.15, 0.2) is 0 Å². The Morgan fingerprint density at radius 2 is 2.17 bits per heavy atom. The van der Waals surface area contributed by atoms with E-state index in [0.717, 1.165) is 0 Å². The Kier molecular flexibility index (Phi) is 4.19. The number of nitrogens with one attached hydrogen (secondary N) is 2. The van der Waals surface area contributed by atoms with E-state index in [9.17, 15) is 14.0 Å². The molecule has 0 radical (unpaired) electrons. The van der Waals surface area contributed by atoms with E-state index in [4.69, 9.17) is 0 Å². The number of hydrogen-bond donors (Lipinski definition) is 2. The number of rotatable bonds is 4. The Labute approximate surface area is 136 Å². The van der Waals surface area contributed by atoms with Crippen LogP contribution in [-0.2, 0) is 7.05 Å². The first kappa shape index (κ1) is 15.6. The molecule has 2 aromatic heterocycles. The molecule has 2 N–H and O–H groups in total. The van der Waals surface area contributed by atoms with Crippen LogP contribution in [0.15, 0.2) is 53.6 Å². The van der Waals surface area contributed by atoms with Gasteiger partial charge in [-0.2, -0.15) is 5.10 Å². The van der Waals surface area contributed by atoms with E-state index >= 15 is 0 Å². The number of aromatic amines is 1. The number of benzene rings is 1. The molecular weight excluding hydrogens is 313 g/mol. The smallest absolute Gasteiger partial charge is 0.272 e. The van der Waals surface area contributed by atoms with E-state index in [2.05, 4.69) is 20.5 Å². The summed E-state index contributed by atoms with van der Waals surface area (Å²) in [6.07, 6.45) is 3.32. The summed E-state index contributed by atoms with van der Waals surface area (Å²) < 4.78 is 15.3. The second kappa shape index (κ2) is 6.45. The van der Waals surface area contributed by atoms with Crippen LogP contribution in [0.3, 0.4) is 0 Å². The van der Waals surface area contributed by atoms with Crippen molar-refractivity contribution in [3.05, 3.63) is 82.0 Å². The van der Waals surface area contributed by atoms with E-state index < -0.39 is 23.3 Å². The second-order valence-corrected chi connectivity index (χ2v) is 5.16. The van der Waals surface area contributed by atoms with Crippen LogP contribution in [0.2, 0.25) is 0 Å². The van der Waals surface area contributed by atoms with Crippen molar-refractivity contribution in [2.45, 2.75) is 6.04 Å². The molecular formula is C16H14FN5O2. The van der Waals surface area contributed by atoms with Crippen molar-refractivity contribution in [3.8, 4) is 0 Å². The van der Waals surface area contributed by atoms with Crippen molar-refractivity contribution in [1.29, 1.82) is 0 Å². The first-order valence-corrected chi connectivity index (χ1v) is 7.14. The maximum Gasteiger partial charge on any atom is 0.272 e. The Hall–Kier alpha value is -3.29. The lowest BCUT2D eigenvalue weighted by atomic mass is 10.1. The van der Waals surface area contributed by atoms with Crippen LogP contribution in [0.5, 0.6) is 0 Å². The highest BCUT2D eigenvalue weighted by Gasteiger charge is 2.22. The average molecular weight is 327 g/mol. The van der Waals surface area contributed by atoms with Crippen molar-refractivity contribution in [2.75, 3.05) is 0 Å². The third kappa shape index (κ3) is 3.22. The fourth-order valence-corrected chi connectivity index (χ4v) is 2.31. The lowest BCUT2D eigenvalue weighted by molar-refractivity contribution is 0.0935. The van der Waals surface area contributed by atoms with E-state index in [-0.39, 0.29) is 5.69 Å². The minimum Gasteiger partial charge on any atom is -0.337 e. The summed E-state index contributed by atoms with van der Waals surface area (Å²) >= 11 is 0. The third-order valence-electron chi connectivity index (χ3n) is 3.49. The van der Waals surface area contributed by atoms with Crippen LogP contribution < -0.4 is 10.9 Å². The normalized spacial score (nSPS) is 11.9. The average Bonchev–Trinajstić information content (AvgIpc) is 2.99. The number of imidazole rings is 1. The molecule has 1 aromatic carbocycles. The monoisotopic (exact) mass is 327 g/mol. The van der Waals surface area contributed by atoms with Gasteiger partial charge < -0.3 is 9.88 Å². The molecule has 3 rings (SSSR count). The molecule has 0 fully saturated rings. The molecule has 1 atom stereocenters. The molecule has 7 nitrogen and oxygen atoms in total. The van der Waals surface area contributed by atoms with E-state index in [1.807, 2.05) is 0 Å². The summed E-state index contributed by atoms with van der Waals surface area (Å²) in [6.45, 7) is 0. The summed E-state index contributed by atoms with van der Waals surface area (Å²) in [5.41, 5.74) is 0.185. The molecule has 3 aromatic rings. The predicted molar refractivity (Wildman–Crippen MR) is 83.8 cm³/mol. The van der Waals surface area contributed by atoms with E-state index in [1.165, 1.54) is 24.3 Å². The minimum absolute atomic E-state index is 0.0465. The van der Waals surface area contributed by atoms with Gasteiger partial charge in [0.2, 0.25) is 0 Å². The SMILES string of the molecule is Cn1ccnc1[C@H](NC(=O)c1ccc(=O)[nH]n1)c1cccc(F)c1. The van der Waals surface area contributed by atoms with Crippen LogP contribution >= 0.6 is 0 Å². The summed E-state index contributed by atoms with van der Waals surface area (Å²) in [5.74, 6) is -0.384. The number of H-pyrrole nitrogens is 1. The molecule has 8 heteroatoms. The summed E-state index contributed by atoms with van der Waals surface area (Å²) in [7, 11) is 1.78. The van der Waals surface area contributed by atoms with Crippen LogP contribution in [-0.4, -0.2) is 25.7 Å². The van der Waals surface area contributed by atoms with E-state index in [0.29, 0.717) is 11.4 Å². The number of amides is 1. The zero-order valence-electron chi connectivity index (χ0n) is 12.7. The van der Waals surface area contributed by atoms with Crippen molar-refractivity contribution in [2.24, 2.45) is 7.05 Å². The Morgan fingerprint density at radius 3 is 2.79 bits per heavy atom. The maximum atomic E-state index is 13.6. The quantitative estimate of drug-likeness (QED) is 0.752. The predicted octanol–water partition coefficient (Wildman–Crippen LogP) is 1.16. The highest BCUT2D eigenvalue weighted by atomic mass is 19.1. The number of halogens is 1. The topological polar surface area (TPSA) is 92.7 Å². The summed E-state index contributed by atoms with van der Waals surface area (Å²) in [5, 5.41) is 8.66. The zero-order chi connectivity index (χ0) is 17.1. The Balaban J connectivity index is 1.96. The van der Waals surface area contributed by atoms with Crippen LogP contribution in [0.1, 0.15) is 27.9 Å². The second-order valence-electron chi connectivity index (χ2n) is 5.16. The number of carbonyl (C=O) groups excluding carboxylic acids is 1. The molecule has 0 saturated carbocycles. The van der Waals surface area contributed by atoms with Gasteiger partial charge in [0.25, 0.3) is 11.5 Å². The zero-order valence-corrected chi connectivity index (χ0v) is 12.7. The number of nitrogens with zero attached hydrogens (tertiary/aromatic N) is 3. The number of aromatic nitrogens is 4. The van der Waals surface area contributed by atoms with Gasteiger partial charge in [0, 0.05) is 25.5 Å². The maximum absolute atomic E-state index is 13.6. The van der Waals surface area contributed by atoms with Gasteiger partial charge in [0.1, 0.15) is 23.4 Å². The van der Waals surface area contributed by atoms with Crippen LogP contribution in [0.4, 0.5) is 4.39 Å². The van der Waals surface area contributed by atoms with Crippen molar-refractivity contribution >= 4 is 5.91 Å². The van der Waals surface area contributed by atoms with Gasteiger partial charge in [-0.3, -0.25) is 9.59 Å². The minimum atomic E-state index is -0.665. The Bertz CT molecular complexity index is 913. The third-order valence-corrected chi connectivity index (χ3v) is 3.49. The van der Waals surface area contributed by atoms with Gasteiger partial charge >= 0.3 is 0 Å². The molecule has 0 aliphatic heterocycles. The highest BCUT2D eigenvalue weighted by molar-refractivity contribution is 5.92. The fraction of sp³-hybridized carbons (Fsp3) is 0.125. The largest absolute Gasteiger partial charge is 0.337 e. The first-order valence-electron chi connectivity index (χ1n) is 7.14. The van der Waals surface area contributed by atoms with Crippen molar-refractivity contribution in [1.82, 2.24) is 25.1 Å². The summed E-state index contributed by atoms with van der Waals surface area (Å²) in [4.78, 5) is 27.7. The van der Waals surface area contributed by atoms with Gasteiger partial charge in [-0.1, -0.05) is 12.1 Å². The lowest BCUT2D eigenvalue weighted by Crippen LogP contribution is -2.32. The molecule has 2 heterocycles. The standard InChI is InChI=1S/C16H14FN5O2/c1-22-8-7-18-15(22)14(10-3-2-4-11(17)9-10)19-16(24)12-5-6-13(23)21-20-12/h2-9,14H,1H3,(H,19,24)(H,21,23)/t14-/m1/s1. The molecule has 0 aliphatic rings. The van der Waals surface area contributed by atoms with Gasteiger partial charge in [-0.15, -0.1) is 0 Å². The van der Waals surface area contributed by atoms with Crippen LogP contribution in [0.25, 0.3) is 0 Å². The molecule has 122 valence electrons. The molecule has 0 aliphatic carbocycles. The first-order chi connectivity index (χ1) is 11.5. The lowest BCUT2D eigenvalue weighted by Gasteiger charge is -2.19. The molecule has 1 amide bonds. The number of aryl methyl sites for hydroxylation is 1.